The van der Waals surface area contributed by atoms with Crippen LogP contribution in [0.1, 0.15) is 85.0 Å². The zero-order chi connectivity index (χ0) is 12.6. The molecule has 0 amide bonds. The van der Waals surface area contributed by atoms with E-state index in [1.807, 2.05) is 0 Å². The van der Waals surface area contributed by atoms with Gasteiger partial charge in [-0.1, -0.05) is 33.6 Å². The molecule has 2 saturated carbocycles. The van der Waals surface area contributed by atoms with Crippen molar-refractivity contribution >= 4 is 0 Å². The molecule has 1 N–H and O–H groups in total. The molecule has 0 heterocycles. The molecular formula is C16H30O. The van der Waals surface area contributed by atoms with Crippen molar-refractivity contribution in [1.29, 1.82) is 0 Å². The Kier molecular flexibility index (Phi) is 3.60. The molecule has 1 heteroatoms. The van der Waals surface area contributed by atoms with Gasteiger partial charge < -0.3 is 5.11 Å². The Morgan fingerprint density at radius 2 is 1.41 bits per heavy atom. The lowest BCUT2D eigenvalue weighted by molar-refractivity contribution is -0.0450. The normalized spacial score (nSPS) is 27.5. The summed E-state index contributed by atoms with van der Waals surface area (Å²) in [6.07, 6.45) is 12.6. The van der Waals surface area contributed by atoms with E-state index in [9.17, 15) is 5.11 Å². The molecule has 0 radical (unpaired) electrons. The summed E-state index contributed by atoms with van der Waals surface area (Å²) in [6.45, 7) is 6.83. The van der Waals surface area contributed by atoms with E-state index in [0.29, 0.717) is 10.8 Å². The highest BCUT2D eigenvalue weighted by molar-refractivity contribution is 4.95. The van der Waals surface area contributed by atoms with Crippen molar-refractivity contribution in [3.8, 4) is 0 Å². The number of rotatable bonds is 2. The third-order valence-electron chi connectivity index (χ3n) is 5.25. The van der Waals surface area contributed by atoms with Crippen molar-refractivity contribution in [1.82, 2.24) is 0 Å². The molecule has 0 aromatic carbocycles. The largest absolute Gasteiger partial charge is 0.390 e. The summed E-state index contributed by atoms with van der Waals surface area (Å²) in [5.74, 6) is 0. The highest BCUT2D eigenvalue weighted by Gasteiger charge is 2.42. The highest BCUT2D eigenvalue weighted by Crippen LogP contribution is 2.52. The van der Waals surface area contributed by atoms with Crippen molar-refractivity contribution in [3.63, 3.8) is 0 Å². The molecule has 0 aromatic heterocycles. The van der Waals surface area contributed by atoms with E-state index in [-0.39, 0.29) is 5.60 Å². The van der Waals surface area contributed by atoms with E-state index < -0.39 is 0 Å². The first-order valence-corrected chi connectivity index (χ1v) is 7.55. The third kappa shape index (κ3) is 3.47. The van der Waals surface area contributed by atoms with E-state index in [1.165, 1.54) is 38.5 Å². The summed E-state index contributed by atoms with van der Waals surface area (Å²) >= 11 is 0. The standard InChI is InChI=1S/C16H30O/c1-14(2,3)8-11-16(17)12-9-15(10-13-16)6-4-5-7-15/h17H,4-13H2,1-3H3. The van der Waals surface area contributed by atoms with E-state index in [0.717, 1.165) is 25.7 Å². The fraction of sp³-hybridized carbons (Fsp3) is 1.00. The van der Waals surface area contributed by atoms with Crippen LogP contribution >= 0.6 is 0 Å². The van der Waals surface area contributed by atoms with Gasteiger partial charge in [-0.05, 0) is 62.2 Å². The summed E-state index contributed by atoms with van der Waals surface area (Å²) in [5, 5.41) is 10.7. The van der Waals surface area contributed by atoms with Gasteiger partial charge in [0.05, 0.1) is 5.60 Å². The Morgan fingerprint density at radius 3 is 1.88 bits per heavy atom. The Balaban J connectivity index is 1.84. The third-order valence-corrected chi connectivity index (χ3v) is 5.25. The first kappa shape index (κ1) is 13.4. The lowest BCUT2D eigenvalue weighted by Gasteiger charge is -2.43. The van der Waals surface area contributed by atoms with E-state index in [4.69, 9.17) is 0 Å². The molecule has 0 aliphatic heterocycles. The maximum absolute atomic E-state index is 10.7. The zero-order valence-corrected chi connectivity index (χ0v) is 12.0. The van der Waals surface area contributed by atoms with Gasteiger partial charge in [-0.25, -0.2) is 0 Å². The first-order valence-electron chi connectivity index (χ1n) is 7.55. The molecule has 100 valence electrons. The van der Waals surface area contributed by atoms with Gasteiger partial charge in [0, 0.05) is 0 Å². The number of hydrogen-bond acceptors (Lipinski definition) is 1. The fourth-order valence-corrected chi connectivity index (χ4v) is 3.73. The minimum atomic E-state index is -0.332. The summed E-state index contributed by atoms with van der Waals surface area (Å²) in [4.78, 5) is 0. The number of aliphatic hydroxyl groups is 1. The van der Waals surface area contributed by atoms with Crippen LogP contribution in [-0.2, 0) is 0 Å². The molecule has 0 bridgehead atoms. The van der Waals surface area contributed by atoms with Crippen molar-refractivity contribution in [2.24, 2.45) is 10.8 Å². The minimum Gasteiger partial charge on any atom is -0.390 e. The SMILES string of the molecule is CC(C)(C)CCC1(O)CCC2(CCCC2)CC1. The van der Waals surface area contributed by atoms with Crippen LogP contribution in [0.5, 0.6) is 0 Å². The monoisotopic (exact) mass is 238 g/mol. The van der Waals surface area contributed by atoms with Crippen LogP contribution in [0.25, 0.3) is 0 Å². The van der Waals surface area contributed by atoms with Crippen molar-refractivity contribution in [2.45, 2.75) is 90.6 Å². The van der Waals surface area contributed by atoms with Crippen LogP contribution in [0.2, 0.25) is 0 Å². The summed E-state index contributed by atoms with van der Waals surface area (Å²) in [7, 11) is 0. The Bertz CT molecular complexity index is 245. The van der Waals surface area contributed by atoms with Crippen molar-refractivity contribution in [3.05, 3.63) is 0 Å². The second-order valence-electron chi connectivity index (χ2n) is 7.99. The minimum absolute atomic E-state index is 0.332. The Labute approximate surface area is 107 Å². The molecule has 0 unspecified atom stereocenters. The van der Waals surface area contributed by atoms with Crippen LogP contribution in [-0.4, -0.2) is 10.7 Å². The van der Waals surface area contributed by atoms with Gasteiger partial charge in [0.1, 0.15) is 0 Å². The van der Waals surface area contributed by atoms with Crippen LogP contribution < -0.4 is 0 Å². The maximum atomic E-state index is 10.7. The molecule has 1 nitrogen and oxygen atoms in total. The molecular weight excluding hydrogens is 208 g/mol. The molecule has 0 saturated heterocycles. The smallest absolute Gasteiger partial charge is 0.0648 e. The van der Waals surface area contributed by atoms with Gasteiger partial charge in [0.15, 0.2) is 0 Å². The molecule has 2 fully saturated rings. The lowest BCUT2D eigenvalue weighted by Crippen LogP contribution is -2.38. The topological polar surface area (TPSA) is 20.2 Å². The predicted octanol–water partition coefficient (Wildman–Crippen LogP) is 4.68. The second kappa shape index (κ2) is 4.57. The summed E-state index contributed by atoms with van der Waals surface area (Å²) in [6, 6.07) is 0. The van der Waals surface area contributed by atoms with Gasteiger partial charge in [0.2, 0.25) is 0 Å². The van der Waals surface area contributed by atoms with Gasteiger partial charge in [-0.15, -0.1) is 0 Å². The quantitative estimate of drug-likeness (QED) is 0.740. The molecule has 1 spiro atoms. The maximum Gasteiger partial charge on any atom is 0.0648 e. The van der Waals surface area contributed by atoms with Gasteiger partial charge in [0.25, 0.3) is 0 Å². The molecule has 2 aliphatic carbocycles. The summed E-state index contributed by atoms with van der Waals surface area (Å²) < 4.78 is 0. The average molecular weight is 238 g/mol. The fourth-order valence-electron chi connectivity index (χ4n) is 3.73. The van der Waals surface area contributed by atoms with Crippen LogP contribution in [0.3, 0.4) is 0 Å². The van der Waals surface area contributed by atoms with Crippen molar-refractivity contribution in [2.75, 3.05) is 0 Å². The molecule has 2 aliphatic rings. The lowest BCUT2D eigenvalue weighted by atomic mass is 9.66. The van der Waals surface area contributed by atoms with Gasteiger partial charge in [-0.2, -0.15) is 0 Å². The highest BCUT2D eigenvalue weighted by atomic mass is 16.3. The Hall–Kier alpha value is -0.0400. The Morgan fingerprint density at radius 1 is 0.882 bits per heavy atom. The van der Waals surface area contributed by atoms with Crippen molar-refractivity contribution < 1.29 is 5.11 Å². The van der Waals surface area contributed by atoms with Crippen LogP contribution in [0.15, 0.2) is 0 Å². The summed E-state index contributed by atoms with van der Waals surface area (Å²) in [5.41, 5.74) is 0.674. The van der Waals surface area contributed by atoms with Gasteiger partial charge >= 0.3 is 0 Å². The molecule has 2 rings (SSSR count). The second-order valence-corrected chi connectivity index (χ2v) is 7.99. The molecule has 0 aromatic rings. The first-order chi connectivity index (χ1) is 7.83. The average Bonchev–Trinajstić information content (AvgIpc) is 2.69. The van der Waals surface area contributed by atoms with Crippen LogP contribution in [0.4, 0.5) is 0 Å². The van der Waals surface area contributed by atoms with E-state index >= 15 is 0 Å². The van der Waals surface area contributed by atoms with E-state index in [2.05, 4.69) is 20.8 Å². The van der Waals surface area contributed by atoms with Gasteiger partial charge in [-0.3, -0.25) is 0 Å². The predicted molar refractivity (Wildman–Crippen MR) is 73.0 cm³/mol. The van der Waals surface area contributed by atoms with Crippen LogP contribution in [0, 0.1) is 10.8 Å². The number of hydrogen-bond donors (Lipinski definition) is 1. The van der Waals surface area contributed by atoms with E-state index in [1.54, 1.807) is 0 Å². The molecule has 17 heavy (non-hydrogen) atoms. The zero-order valence-electron chi connectivity index (χ0n) is 12.0. The molecule has 0 atom stereocenters.